The maximum absolute atomic E-state index is 13.0. The zero-order valence-electron chi connectivity index (χ0n) is 9.27. The van der Waals surface area contributed by atoms with Crippen LogP contribution in [0.2, 0.25) is 5.02 Å². The number of anilines is 1. The molecule has 0 heterocycles. The minimum atomic E-state index is -4.85. The van der Waals surface area contributed by atoms with E-state index in [0.29, 0.717) is 0 Å². The van der Waals surface area contributed by atoms with E-state index in [4.69, 9.17) is 28.9 Å². The van der Waals surface area contributed by atoms with Crippen molar-refractivity contribution in [2.75, 3.05) is 11.6 Å². The van der Waals surface area contributed by atoms with Crippen molar-refractivity contribution >= 4 is 28.9 Å². The van der Waals surface area contributed by atoms with E-state index in [1.165, 1.54) is 12.1 Å². The molecule has 0 spiro atoms. The number of halogens is 5. The number of alkyl halides is 4. The van der Waals surface area contributed by atoms with Gasteiger partial charge in [-0.15, -0.1) is 11.6 Å². The minimum absolute atomic E-state index is 0.00349. The topological polar surface area (TPSA) is 46.2 Å². The van der Waals surface area contributed by atoms with Gasteiger partial charge in [0.1, 0.15) is 0 Å². The molecule has 18 heavy (non-hydrogen) atoms. The summed E-state index contributed by atoms with van der Waals surface area (Å²) in [6, 6.07) is 3.62. The third-order valence-corrected chi connectivity index (χ3v) is 3.10. The van der Waals surface area contributed by atoms with E-state index in [1.54, 1.807) is 0 Å². The van der Waals surface area contributed by atoms with Crippen LogP contribution in [0.3, 0.4) is 0 Å². The van der Waals surface area contributed by atoms with Crippen LogP contribution in [0.1, 0.15) is 18.4 Å². The molecule has 7 heteroatoms. The number of hydrogen-bond acceptors (Lipinski definition) is 2. The second-order valence-electron chi connectivity index (χ2n) is 3.88. The van der Waals surface area contributed by atoms with Crippen LogP contribution >= 0.6 is 23.2 Å². The molecule has 0 aromatic heterocycles. The highest BCUT2D eigenvalue weighted by atomic mass is 35.5. The van der Waals surface area contributed by atoms with Crippen LogP contribution in [-0.2, 0) is 5.60 Å². The van der Waals surface area contributed by atoms with Crippen molar-refractivity contribution < 1.29 is 18.3 Å². The molecular weight excluding hydrogens is 290 g/mol. The summed E-state index contributed by atoms with van der Waals surface area (Å²) < 4.78 is 39.1. The lowest BCUT2D eigenvalue weighted by Crippen LogP contribution is -2.43. The number of nitrogens with two attached hydrogens (primary N) is 1. The molecule has 1 rings (SSSR count). The third kappa shape index (κ3) is 3.02. The molecule has 0 bridgehead atoms. The summed E-state index contributed by atoms with van der Waals surface area (Å²) in [7, 11) is 0. The van der Waals surface area contributed by atoms with Crippen molar-refractivity contribution in [3.05, 3.63) is 28.8 Å². The van der Waals surface area contributed by atoms with Crippen LogP contribution in [0.5, 0.6) is 0 Å². The van der Waals surface area contributed by atoms with Crippen molar-refractivity contribution in [2.24, 2.45) is 0 Å². The van der Waals surface area contributed by atoms with Gasteiger partial charge in [-0.25, -0.2) is 0 Å². The Morgan fingerprint density at radius 1 is 1.28 bits per heavy atom. The Balaban J connectivity index is 3.29. The Morgan fingerprint density at radius 3 is 2.39 bits per heavy atom. The SMILES string of the molecule is Nc1ccc(Cl)cc1[C@@](O)(CCCCl)C(F)(F)F. The van der Waals surface area contributed by atoms with Crippen molar-refractivity contribution in [1.29, 1.82) is 0 Å². The Bertz CT molecular complexity index is 425. The van der Waals surface area contributed by atoms with Gasteiger partial charge in [-0.1, -0.05) is 11.6 Å². The van der Waals surface area contributed by atoms with Gasteiger partial charge in [0.25, 0.3) is 0 Å². The lowest BCUT2D eigenvalue weighted by molar-refractivity contribution is -0.269. The second-order valence-corrected chi connectivity index (χ2v) is 4.70. The zero-order valence-corrected chi connectivity index (χ0v) is 10.8. The van der Waals surface area contributed by atoms with Crippen LogP contribution in [0.15, 0.2) is 18.2 Å². The summed E-state index contributed by atoms with van der Waals surface area (Å²) in [6.45, 7) is 0. The first-order chi connectivity index (χ1) is 8.22. The van der Waals surface area contributed by atoms with E-state index in [1.807, 2.05) is 0 Å². The molecule has 0 aliphatic rings. The predicted octanol–water partition coefficient (Wildman–Crippen LogP) is 3.69. The first-order valence-corrected chi connectivity index (χ1v) is 6.04. The van der Waals surface area contributed by atoms with Crippen molar-refractivity contribution in [2.45, 2.75) is 24.6 Å². The highest BCUT2D eigenvalue weighted by Crippen LogP contribution is 2.45. The first kappa shape index (κ1) is 15.4. The average molecular weight is 302 g/mol. The van der Waals surface area contributed by atoms with Crippen LogP contribution in [-0.4, -0.2) is 17.2 Å². The summed E-state index contributed by atoms with van der Waals surface area (Å²) in [4.78, 5) is 0. The van der Waals surface area contributed by atoms with Gasteiger partial charge in [0.15, 0.2) is 5.60 Å². The smallest absolute Gasteiger partial charge is 0.398 e. The standard InChI is InChI=1S/C11H12Cl2F3NO/c12-5-1-4-10(18,11(14,15)16)8-6-7(13)2-3-9(8)17/h2-3,6,18H,1,4-5,17H2/t10-/m0/s1. The molecular formula is C11H12Cl2F3NO. The Hall–Kier alpha value is -0.650. The van der Waals surface area contributed by atoms with Crippen molar-refractivity contribution in [3.63, 3.8) is 0 Å². The third-order valence-electron chi connectivity index (χ3n) is 2.60. The fourth-order valence-corrected chi connectivity index (χ4v) is 1.94. The maximum Gasteiger partial charge on any atom is 0.421 e. The van der Waals surface area contributed by atoms with E-state index in [0.717, 1.165) is 6.07 Å². The molecule has 0 fully saturated rings. The molecule has 1 atom stereocenters. The van der Waals surface area contributed by atoms with E-state index in [-0.39, 0.29) is 23.0 Å². The van der Waals surface area contributed by atoms with E-state index >= 15 is 0 Å². The lowest BCUT2D eigenvalue weighted by atomic mass is 9.87. The molecule has 0 aliphatic carbocycles. The summed E-state index contributed by atoms with van der Waals surface area (Å²) in [5.41, 5.74) is 1.87. The molecule has 2 nitrogen and oxygen atoms in total. The van der Waals surface area contributed by atoms with E-state index < -0.39 is 23.8 Å². The largest absolute Gasteiger partial charge is 0.421 e. The number of hydrogen-bond donors (Lipinski definition) is 2. The fourth-order valence-electron chi connectivity index (χ4n) is 1.64. The summed E-state index contributed by atoms with van der Waals surface area (Å²) >= 11 is 11.0. The van der Waals surface area contributed by atoms with E-state index in [2.05, 4.69) is 0 Å². The molecule has 102 valence electrons. The van der Waals surface area contributed by atoms with E-state index in [9.17, 15) is 18.3 Å². The van der Waals surface area contributed by atoms with Crippen LogP contribution < -0.4 is 5.73 Å². The highest BCUT2D eigenvalue weighted by molar-refractivity contribution is 6.30. The molecule has 0 saturated carbocycles. The van der Waals surface area contributed by atoms with Crippen LogP contribution in [0, 0.1) is 0 Å². The fraction of sp³-hybridized carbons (Fsp3) is 0.455. The second kappa shape index (κ2) is 5.55. The zero-order chi connectivity index (χ0) is 14.0. The van der Waals surface area contributed by atoms with Crippen LogP contribution in [0.4, 0.5) is 18.9 Å². The number of nitrogen functional groups attached to an aromatic ring is 1. The summed E-state index contributed by atoms with van der Waals surface area (Å²) in [5.74, 6) is 0.0128. The normalized spacial score (nSPS) is 15.4. The Morgan fingerprint density at radius 2 is 1.89 bits per heavy atom. The maximum atomic E-state index is 13.0. The number of aliphatic hydroxyl groups is 1. The predicted molar refractivity (Wildman–Crippen MR) is 65.8 cm³/mol. The Labute approximate surface area is 112 Å². The van der Waals surface area contributed by atoms with Crippen molar-refractivity contribution in [1.82, 2.24) is 0 Å². The van der Waals surface area contributed by atoms with Gasteiger partial charge < -0.3 is 10.8 Å². The van der Waals surface area contributed by atoms with Gasteiger partial charge >= 0.3 is 6.18 Å². The molecule has 0 amide bonds. The monoisotopic (exact) mass is 301 g/mol. The van der Waals surface area contributed by atoms with Crippen LogP contribution in [0.25, 0.3) is 0 Å². The lowest BCUT2D eigenvalue weighted by Gasteiger charge is -2.32. The first-order valence-electron chi connectivity index (χ1n) is 5.13. The summed E-state index contributed by atoms with van der Waals surface area (Å²) in [6.07, 6.45) is -5.41. The summed E-state index contributed by atoms with van der Waals surface area (Å²) in [5, 5.41) is 10.0. The van der Waals surface area contributed by atoms with Gasteiger partial charge in [-0.05, 0) is 31.0 Å². The molecule has 3 N–H and O–H groups in total. The minimum Gasteiger partial charge on any atom is -0.398 e. The van der Waals surface area contributed by atoms with Gasteiger partial charge in [0, 0.05) is 22.2 Å². The van der Waals surface area contributed by atoms with Gasteiger partial charge in [0.05, 0.1) is 0 Å². The number of rotatable bonds is 4. The quantitative estimate of drug-likeness (QED) is 0.658. The molecule has 0 radical (unpaired) electrons. The van der Waals surface area contributed by atoms with Crippen molar-refractivity contribution in [3.8, 4) is 0 Å². The van der Waals surface area contributed by atoms with Gasteiger partial charge in [-0.2, -0.15) is 13.2 Å². The molecule has 0 saturated heterocycles. The van der Waals surface area contributed by atoms with Gasteiger partial charge in [-0.3, -0.25) is 0 Å². The molecule has 1 aromatic rings. The molecule has 0 unspecified atom stereocenters. The van der Waals surface area contributed by atoms with Gasteiger partial charge in [0.2, 0.25) is 0 Å². The number of benzene rings is 1. The average Bonchev–Trinajstić information content (AvgIpc) is 2.27. The molecule has 0 aliphatic heterocycles. The highest BCUT2D eigenvalue weighted by Gasteiger charge is 2.55. The Kier molecular flexibility index (Phi) is 4.75. The molecule has 1 aromatic carbocycles.